The predicted molar refractivity (Wildman–Crippen MR) is 109 cm³/mol. The maximum absolute atomic E-state index is 13.1. The molecule has 2 aliphatic heterocycles. The molecule has 1 N–H and O–H groups in total. The highest BCUT2D eigenvalue weighted by atomic mass is 19.1. The summed E-state index contributed by atoms with van der Waals surface area (Å²) in [7, 11) is 0. The number of hydrogen-bond acceptors (Lipinski definition) is 5. The standard InChI is InChI=1S/C22H25FN4O4/c23-16-3-1-14(2-4-16)12-27-21(31)20(30)26-13-22(11-18(26)24-27)5-7-25(8-6-22)19(29)15-9-17(28)10-15/h1-4,15,17,28H,5-13H2. The normalized spacial score (nSPS) is 24.1. The second-order valence-corrected chi connectivity index (χ2v) is 9.22. The maximum atomic E-state index is 13.1. The van der Waals surface area contributed by atoms with Gasteiger partial charge in [-0.2, -0.15) is 5.10 Å². The second-order valence-electron chi connectivity index (χ2n) is 9.22. The van der Waals surface area contributed by atoms with E-state index >= 15 is 0 Å². The molecule has 1 amide bonds. The summed E-state index contributed by atoms with van der Waals surface area (Å²) in [6.07, 6.45) is 2.84. The zero-order valence-corrected chi connectivity index (χ0v) is 17.2. The van der Waals surface area contributed by atoms with Gasteiger partial charge in [-0.15, -0.1) is 0 Å². The number of aromatic nitrogens is 3. The van der Waals surface area contributed by atoms with Crippen LogP contribution in [0.15, 0.2) is 33.9 Å². The van der Waals surface area contributed by atoms with Gasteiger partial charge >= 0.3 is 11.1 Å². The van der Waals surface area contributed by atoms with Crippen LogP contribution < -0.4 is 11.1 Å². The third-order valence-electron chi connectivity index (χ3n) is 7.08. The van der Waals surface area contributed by atoms with Gasteiger partial charge in [-0.3, -0.25) is 19.0 Å². The van der Waals surface area contributed by atoms with Gasteiger partial charge in [0.2, 0.25) is 5.91 Å². The lowest BCUT2D eigenvalue weighted by Gasteiger charge is -2.42. The number of carbonyl (C=O) groups is 1. The number of nitrogens with zero attached hydrogens (tertiary/aromatic N) is 4. The lowest BCUT2D eigenvalue weighted by Crippen LogP contribution is -2.49. The first-order valence-electron chi connectivity index (χ1n) is 10.8. The Bertz CT molecular complexity index is 1130. The minimum Gasteiger partial charge on any atom is -0.393 e. The Morgan fingerprint density at radius 2 is 1.81 bits per heavy atom. The Balaban J connectivity index is 1.31. The van der Waals surface area contributed by atoms with Crippen molar-refractivity contribution in [2.45, 2.75) is 51.3 Å². The summed E-state index contributed by atoms with van der Waals surface area (Å²) < 4.78 is 15.8. The number of likely N-dealkylation sites (tertiary alicyclic amines) is 1. The van der Waals surface area contributed by atoms with Crippen LogP contribution in [-0.4, -0.2) is 49.5 Å². The molecule has 9 heteroatoms. The van der Waals surface area contributed by atoms with Crippen molar-refractivity contribution in [3.05, 3.63) is 62.2 Å². The van der Waals surface area contributed by atoms with E-state index in [1.165, 1.54) is 21.4 Å². The third-order valence-corrected chi connectivity index (χ3v) is 7.08. The lowest BCUT2D eigenvalue weighted by atomic mass is 9.76. The fraction of sp³-hybridized carbons (Fsp3) is 0.545. The number of aliphatic hydroxyl groups is 1. The fourth-order valence-corrected chi connectivity index (χ4v) is 5.06. The summed E-state index contributed by atoms with van der Waals surface area (Å²) >= 11 is 0. The van der Waals surface area contributed by atoms with Crippen LogP contribution >= 0.6 is 0 Å². The number of hydrogen-bond donors (Lipinski definition) is 1. The highest BCUT2D eigenvalue weighted by molar-refractivity contribution is 5.80. The van der Waals surface area contributed by atoms with E-state index < -0.39 is 11.1 Å². The molecule has 1 spiro atoms. The number of benzene rings is 1. The van der Waals surface area contributed by atoms with Crippen LogP contribution in [0.2, 0.25) is 0 Å². The molecule has 31 heavy (non-hydrogen) atoms. The summed E-state index contributed by atoms with van der Waals surface area (Å²) in [6, 6.07) is 5.77. The highest BCUT2D eigenvalue weighted by Crippen LogP contribution is 2.41. The highest BCUT2D eigenvalue weighted by Gasteiger charge is 2.44. The Hall–Kier alpha value is -2.81. The Morgan fingerprint density at radius 3 is 2.45 bits per heavy atom. The molecule has 164 valence electrons. The molecule has 0 bridgehead atoms. The molecule has 5 rings (SSSR count). The minimum absolute atomic E-state index is 0.0671. The molecule has 8 nitrogen and oxygen atoms in total. The van der Waals surface area contributed by atoms with E-state index in [0.29, 0.717) is 50.3 Å². The zero-order chi connectivity index (χ0) is 21.8. The molecule has 0 atom stereocenters. The van der Waals surface area contributed by atoms with Gasteiger partial charge in [0, 0.05) is 32.0 Å². The van der Waals surface area contributed by atoms with Gasteiger partial charge < -0.3 is 10.0 Å². The van der Waals surface area contributed by atoms with Gasteiger partial charge in [0.1, 0.15) is 11.6 Å². The van der Waals surface area contributed by atoms with E-state index in [-0.39, 0.29) is 35.7 Å². The SMILES string of the molecule is O=C(C1CC(O)C1)N1CCC2(CC1)Cc1nn(Cc3ccc(F)cc3)c(=O)c(=O)n1C2. The largest absolute Gasteiger partial charge is 0.393 e. The van der Waals surface area contributed by atoms with E-state index in [1.807, 2.05) is 4.90 Å². The number of rotatable bonds is 3. The quantitative estimate of drug-likeness (QED) is 0.720. The second kappa shape index (κ2) is 7.40. The van der Waals surface area contributed by atoms with Crippen LogP contribution in [0.25, 0.3) is 0 Å². The first-order valence-corrected chi connectivity index (χ1v) is 10.8. The molecule has 1 saturated heterocycles. The van der Waals surface area contributed by atoms with Crippen molar-refractivity contribution in [2.75, 3.05) is 13.1 Å². The molecule has 1 aliphatic carbocycles. The van der Waals surface area contributed by atoms with E-state index in [2.05, 4.69) is 5.10 Å². The molecule has 1 aromatic carbocycles. The lowest BCUT2D eigenvalue weighted by molar-refractivity contribution is -0.144. The van der Waals surface area contributed by atoms with Gasteiger partial charge in [-0.25, -0.2) is 9.07 Å². The summed E-state index contributed by atoms with van der Waals surface area (Å²) in [6.45, 7) is 1.80. The van der Waals surface area contributed by atoms with Crippen LogP contribution in [0, 0.1) is 17.2 Å². The minimum atomic E-state index is -0.679. The van der Waals surface area contributed by atoms with E-state index in [1.54, 1.807) is 12.1 Å². The molecule has 3 heterocycles. The summed E-state index contributed by atoms with van der Waals surface area (Å²) in [5.41, 5.74) is -0.732. The Kier molecular flexibility index (Phi) is 4.80. The van der Waals surface area contributed by atoms with Gasteiger partial charge in [0.25, 0.3) is 0 Å². The van der Waals surface area contributed by atoms with E-state index in [4.69, 9.17) is 0 Å². The van der Waals surface area contributed by atoms with Crippen LogP contribution in [-0.2, 0) is 24.3 Å². The molecular formula is C22H25FN4O4. The van der Waals surface area contributed by atoms with Crippen LogP contribution in [0.1, 0.15) is 37.1 Å². The average molecular weight is 428 g/mol. The van der Waals surface area contributed by atoms with Crippen molar-refractivity contribution in [3.63, 3.8) is 0 Å². The fourth-order valence-electron chi connectivity index (χ4n) is 5.06. The first kappa shape index (κ1) is 20.1. The molecule has 3 aliphatic rings. The third kappa shape index (κ3) is 3.60. The molecule has 2 fully saturated rings. The molecular weight excluding hydrogens is 403 g/mol. The number of halogens is 1. The van der Waals surface area contributed by atoms with Crippen molar-refractivity contribution in [1.82, 2.24) is 19.2 Å². The van der Waals surface area contributed by atoms with Crippen molar-refractivity contribution in [2.24, 2.45) is 11.3 Å². The Morgan fingerprint density at radius 1 is 1.13 bits per heavy atom. The molecule has 2 aromatic rings. The number of carbonyl (C=O) groups excluding carboxylic acids is 1. The number of fused-ring (bicyclic) bond motifs is 1. The predicted octanol–water partition coefficient (Wildman–Crippen LogP) is 0.528. The van der Waals surface area contributed by atoms with Gasteiger partial charge in [-0.1, -0.05) is 12.1 Å². The van der Waals surface area contributed by atoms with Gasteiger partial charge in [0.15, 0.2) is 0 Å². The first-order chi connectivity index (χ1) is 14.8. The van der Waals surface area contributed by atoms with Crippen LogP contribution in [0.5, 0.6) is 0 Å². The molecule has 0 radical (unpaired) electrons. The summed E-state index contributed by atoms with van der Waals surface area (Å²) in [5.74, 6) is 0.277. The topological polar surface area (TPSA) is 97.4 Å². The summed E-state index contributed by atoms with van der Waals surface area (Å²) in [5, 5.41) is 13.9. The number of piperidine rings is 1. The molecule has 1 aromatic heterocycles. The van der Waals surface area contributed by atoms with Gasteiger partial charge in [-0.05, 0) is 48.8 Å². The molecule has 1 saturated carbocycles. The van der Waals surface area contributed by atoms with E-state index in [9.17, 15) is 23.9 Å². The Labute approximate surface area is 177 Å². The van der Waals surface area contributed by atoms with Gasteiger partial charge in [0.05, 0.1) is 12.6 Å². The zero-order valence-electron chi connectivity index (χ0n) is 17.2. The number of amides is 1. The van der Waals surface area contributed by atoms with Crippen molar-refractivity contribution >= 4 is 5.91 Å². The molecule has 0 unspecified atom stereocenters. The number of aliphatic hydroxyl groups excluding tert-OH is 1. The van der Waals surface area contributed by atoms with Crippen molar-refractivity contribution in [1.29, 1.82) is 0 Å². The summed E-state index contributed by atoms with van der Waals surface area (Å²) in [4.78, 5) is 39.7. The van der Waals surface area contributed by atoms with Crippen LogP contribution in [0.4, 0.5) is 4.39 Å². The van der Waals surface area contributed by atoms with Crippen molar-refractivity contribution in [3.8, 4) is 0 Å². The van der Waals surface area contributed by atoms with Crippen molar-refractivity contribution < 1.29 is 14.3 Å². The van der Waals surface area contributed by atoms with E-state index in [0.717, 1.165) is 12.8 Å². The smallest absolute Gasteiger partial charge is 0.332 e. The maximum Gasteiger partial charge on any atom is 0.332 e. The monoisotopic (exact) mass is 428 g/mol. The van der Waals surface area contributed by atoms with Crippen LogP contribution in [0.3, 0.4) is 0 Å². The average Bonchev–Trinajstić information content (AvgIpc) is 3.09.